The van der Waals surface area contributed by atoms with Crippen molar-refractivity contribution >= 4 is 29.2 Å². The molecule has 1 saturated heterocycles. The minimum atomic E-state index is -0.261. The van der Waals surface area contributed by atoms with Crippen molar-refractivity contribution in [3.05, 3.63) is 69.7 Å². The molecule has 7 heteroatoms. The molecule has 2 aliphatic heterocycles. The minimum absolute atomic E-state index is 0.0896. The van der Waals surface area contributed by atoms with Crippen molar-refractivity contribution < 1.29 is 14.3 Å². The number of nitrogens with zero attached hydrogens (tertiary/aromatic N) is 3. The number of rotatable bonds is 6. The van der Waals surface area contributed by atoms with E-state index < -0.39 is 0 Å². The Hall–Kier alpha value is -2.70. The second-order valence-corrected chi connectivity index (χ2v) is 9.56. The number of halogens is 1. The number of carbonyl (C=O) groups is 2. The first-order valence-electron chi connectivity index (χ1n) is 12.0. The average Bonchev–Trinajstić information content (AvgIpc) is 3.27. The zero-order valence-electron chi connectivity index (χ0n) is 20.1. The highest BCUT2D eigenvalue weighted by molar-refractivity contribution is 6.31. The molecule has 0 bridgehead atoms. The van der Waals surface area contributed by atoms with Crippen LogP contribution >= 0.6 is 11.6 Å². The average molecular weight is 482 g/mol. The summed E-state index contributed by atoms with van der Waals surface area (Å²) in [6, 6.07) is 13.7. The summed E-state index contributed by atoms with van der Waals surface area (Å²) in [4.78, 5) is 27.8. The number of carbonyl (C=O) groups excluding carboxylic acids is 2. The van der Waals surface area contributed by atoms with E-state index in [0.29, 0.717) is 24.6 Å². The lowest BCUT2D eigenvalue weighted by Crippen LogP contribution is -2.44. The van der Waals surface area contributed by atoms with E-state index in [-0.39, 0.29) is 30.4 Å². The number of benzene rings is 2. The molecule has 0 aliphatic carbocycles. The molecule has 4 rings (SSSR count). The van der Waals surface area contributed by atoms with E-state index in [9.17, 15) is 9.59 Å². The van der Waals surface area contributed by atoms with Crippen LogP contribution in [-0.4, -0.2) is 53.7 Å². The topological polar surface area (TPSA) is 62.2 Å². The molecule has 0 saturated carbocycles. The molecule has 0 N–H and O–H groups in total. The van der Waals surface area contributed by atoms with Gasteiger partial charge in [0.2, 0.25) is 0 Å². The van der Waals surface area contributed by atoms with Crippen LogP contribution in [0.15, 0.2) is 47.6 Å². The Morgan fingerprint density at radius 1 is 1.15 bits per heavy atom. The number of likely N-dealkylation sites (tertiary alicyclic amines) is 1. The molecule has 0 unspecified atom stereocenters. The van der Waals surface area contributed by atoms with Gasteiger partial charge in [0.15, 0.2) is 0 Å². The Morgan fingerprint density at radius 2 is 1.94 bits per heavy atom. The van der Waals surface area contributed by atoms with E-state index in [4.69, 9.17) is 21.4 Å². The van der Waals surface area contributed by atoms with E-state index in [1.165, 1.54) is 11.1 Å². The van der Waals surface area contributed by atoms with Gasteiger partial charge in [0, 0.05) is 18.0 Å². The summed E-state index contributed by atoms with van der Waals surface area (Å²) >= 11 is 6.54. The normalized spacial score (nSPS) is 20.8. The predicted octanol–water partition coefficient (Wildman–Crippen LogP) is 4.91. The molecule has 6 nitrogen and oxygen atoms in total. The standard InChI is InChI=1S/C27H32ClN3O3/c1-4-34-27(33)21-8-7-13-30(16-21)17-26(32)31-25(22-9-5-6-10-23(22)28)15-24(29-31)20-12-11-18(2)19(3)14-20/h5-6,9-12,14,21,25H,4,7-8,13,15-17H2,1-3H3/t21-,25+/m1/s1. The van der Waals surface area contributed by atoms with Gasteiger partial charge < -0.3 is 4.74 Å². The molecule has 0 aromatic heterocycles. The third-order valence-corrected chi connectivity index (χ3v) is 7.10. The Kier molecular flexibility index (Phi) is 7.69. The van der Waals surface area contributed by atoms with Gasteiger partial charge in [-0.05, 0) is 74.5 Å². The van der Waals surface area contributed by atoms with E-state index in [2.05, 4.69) is 32.0 Å². The number of hydrogen-bond acceptors (Lipinski definition) is 5. The van der Waals surface area contributed by atoms with Crippen LogP contribution in [0.25, 0.3) is 0 Å². The number of piperidine rings is 1. The summed E-state index contributed by atoms with van der Waals surface area (Å²) in [6.45, 7) is 7.87. The molecular formula is C27H32ClN3O3. The van der Waals surface area contributed by atoms with E-state index in [1.807, 2.05) is 36.1 Å². The molecule has 2 atom stereocenters. The summed E-state index contributed by atoms with van der Waals surface area (Å²) in [5.41, 5.74) is 5.21. The van der Waals surface area contributed by atoms with Gasteiger partial charge in [-0.25, -0.2) is 5.01 Å². The van der Waals surface area contributed by atoms with Crippen LogP contribution in [0.2, 0.25) is 5.02 Å². The Balaban J connectivity index is 1.57. The van der Waals surface area contributed by atoms with E-state index >= 15 is 0 Å². The molecule has 180 valence electrons. The third kappa shape index (κ3) is 5.34. The van der Waals surface area contributed by atoms with Crippen LogP contribution in [0, 0.1) is 19.8 Å². The van der Waals surface area contributed by atoms with Crippen molar-refractivity contribution in [1.29, 1.82) is 0 Å². The molecule has 1 amide bonds. The van der Waals surface area contributed by atoms with Gasteiger partial charge in [-0.1, -0.05) is 41.9 Å². The molecule has 2 heterocycles. The zero-order valence-corrected chi connectivity index (χ0v) is 20.8. The van der Waals surface area contributed by atoms with Gasteiger partial charge in [-0.15, -0.1) is 0 Å². The SMILES string of the molecule is CCOC(=O)[C@@H]1CCCN(CC(=O)N2N=C(c3ccc(C)c(C)c3)C[C@H]2c2ccccc2Cl)C1. The number of aryl methyl sites for hydroxylation is 2. The van der Waals surface area contributed by atoms with Crippen molar-refractivity contribution in [2.45, 2.75) is 46.1 Å². The van der Waals surface area contributed by atoms with Crippen molar-refractivity contribution in [3.8, 4) is 0 Å². The summed E-state index contributed by atoms with van der Waals surface area (Å²) in [5.74, 6) is -0.452. The van der Waals surface area contributed by atoms with E-state index in [1.54, 1.807) is 5.01 Å². The maximum absolute atomic E-state index is 13.5. The maximum atomic E-state index is 13.5. The van der Waals surface area contributed by atoms with Crippen molar-refractivity contribution in [1.82, 2.24) is 9.91 Å². The Labute approximate surface area is 206 Å². The second kappa shape index (κ2) is 10.7. The lowest BCUT2D eigenvalue weighted by atomic mass is 9.96. The zero-order chi connectivity index (χ0) is 24.2. The van der Waals surface area contributed by atoms with Gasteiger partial charge >= 0.3 is 5.97 Å². The van der Waals surface area contributed by atoms with Crippen LogP contribution in [0.3, 0.4) is 0 Å². The lowest BCUT2D eigenvalue weighted by molar-refractivity contribution is -0.150. The number of esters is 1. The molecule has 1 fully saturated rings. The number of ether oxygens (including phenoxy) is 1. The fraction of sp³-hybridized carbons (Fsp3) is 0.444. The molecule has 0 spiro atoms. The molecular weight excluding hydrogens is 450 g/mol. The van der Waals surface area contributed by atoms with Gasteiger partial charge in [-0.3, -0.25) is 14.5 Å². The summed E-state index contributed by atoms with van der Waals surface area (Å²) in [7, 11) is 0. The molecule has 34 heavy (non-hydrogen) atoms. The molecule has 2 aromatic carbocycles. The summed E-state index contributed by atoms with van der Waals surface area (Å²) in [6.07, 6.45) is 2.26. The smallest absolute Gasteiger partial charge is 0.310 e. The van der Waals surface area contributed by atoms with Crippen molar-refractivity contribution in [3.63, 3.8) is 0 Å². The fourth-order valence-corrected chi connectivity index (χ4v) is 5.00. The van der Waals surface area contributed by atoms with Crippen LogP contribution < -0.4 is 0 Å². The summed E-state index contributed by atoms with van der Waals surface area (Å²) < 4.78 is 5.21. The Bertz CT molecular complexity index is 1100. The van der Waals surface area contributed by atoms with Crippen LogP contribution in [0.1, 0.15) is 54.5 Å². The quantitative estimate of drug-likeness (QED) is 0.550. The van der Waals surface area contributed by atoms with Crippen LogP contribution in [-0.2, 0) is 14.3 Å². The highest BCUT2D eigenvalue weighted by atomic mass is 35.5. The highest BCUT2D eigenvalue weighted by Crippen LogP contribution is 2.36. The van der Waals surface area contributed by atoms with Crippen molar-refractivity contribution in [2.75, 3.05) is 26.2 Å². The first kappa shape index (κ1) is 24.4. The fourth-order valence-electron chi connectivity index (χ4n) is 4.74. The number of hydrogen-bond donors (Lipinski definition) is 0. The van der Waals surface area contributed by atoms with Crippen molar-refractivity contribution in [2.24, 2.45) is 11.0 Å². The minimum Gasteiger partial charge on any atom is -0.466 e. The maximum Gasteiger partial charge on any atom is 0.310 e. The predicted molar refractivity (Wildman–Crippen MR) is 134 cm³/mol. The highest BCUT2D eigenvalue weighted by Gasteiger charge is 2.36. The van der Waals surface area contributed by atoms with Gasteiger partial charge in [0.05, 0.1) is 30.8 Å². The first-order chi connectivity index (χ1) is 16.4. The van der Waals surface area contributed by atoms with Gasteiger partial charge in [-0.2, -0.15) is 5.10 Å². The third-order valence-electron chi connectivity index (χ3n) is 6.75. The number of amides is 1. The molecule has 0 radical (unpaired) electrons. The van der Waals surface area contributed by atoms with Gasteiger partial charge in [0.25, 0.3) is 5.91 Å². The van der Waals surface area contributed by atoms with Crippen LogP contribution in [0.4, 0.5) is 0 Å². The largest absolute Gasteiger partial charge is 0.466 e. The number of hydrazone groups is 1. The van der Waals surface area contributed by atoms with Gasteiger partial charge in [0.1, 0.15) is 0 Å². The lowest BCUT2D eigenvalue weighted by Gasteiger charge is -2.32. The van der Waals surface area contributed by atoms with Crippen LogP contribution in [0.5, 0.6) is 0 Å². The van der Waals surface area contributed by atoms with E-state index in [0.717, 1.165) is 36.2 Å². The molecule has 2 aromatic rings. The summed E-state index contributed by atoms with van der Waals surface area (Å²) in [5, 5.41) is 7.02. The Morgan fingerprint density at radius 3 is 2.68 bits per heavy atom. The first-order valence-corrected chi connectivity index (χ1v) is 12.4. The second-order valence-electron chi connectivity index (χ2n) is 9.15. The molecule has 2 aliphatic rings. The monoisotopic (exact) mass is 481 g/mol.